The molecule has 2 heterocycles. The van der Waals surface area contributed by atoms with Crippen LogP contribution in [0, 0.1) is 0 Å². The molecule has 1 saturated heterocycles. The molecule has 0 bridgehead atoms. The maximum Gasteiger partial charge on any atom is 0.321 e. The fourth-order valence-corrected chi connectivity index (χ4v) is 2.73. The predicted molar refractivity (Wildman–Crippen MR) is 90.6 cm³/mol. The van der Waals surface area contributed by atoms with Crippen LogP contribution in [0.4, 0.5) is 10.5 Å². The SMILES string of the molecule is O=C(CCc1ccco1)N1CCN(C(=O)Nc2ccccc2)CC1. The van der Waals surface area contributed by atoms with Gasteiger partial charge >= 0.3 is 6.03 Å². The molecule has 3 amide bonds. The summed E-state index contributed by atoms with van der Waals surface area (Å²) in [5.74, 6) is 0.929. The smallest absolute Gasteiger partial charge is 0.321 e. The van der Waals surface area contributed by atoms with Crippen LogP contribution < -0.4 is 5.32 Å². The van der Waals surface area contributed by atoms with Crippen molar-refractivity contribution >= 4 is 17.6 Å². The number of hydrogen-bond acceptors (Lipinski definition) is 3. The summed E-state index contributed by atoms with van der Waals surface area (Å²) in [6.07, 6.45) is 2.66. The molecule has 24 heavy (non-hydrogen) atoms. The fourth-order valence-electron chi connectivity index (χ4n) is 2.73. The zero-order valence-electron chi connectivity index (χ0n) is 13.5. The Labute approximate surface area is 141 Å². The van der Waals surface area contributed by atoms with Crippen LogP contribution in [-0.4, -0.2) is 47.9 Å². The number of piperazine rings is 1. The predicted octanol–water partition coefficient (Wildman–Crippen LogP) is 2.59. The van der Waals surface area contributed by atoms with Crippen LogP contribution in [0.5, 0.6) is 0 Å². The highest BCUT2D eigenvalue weighted by Crippen LogP contribution is 2.11. The number of urea groups is 1. The van der Waals surface area contributed by atoms with E-state index in [1.54, 1.807) is 11.2 Å². The van der Waals surface area contributed by atoms with Gasteiger partial charge in [0.2, 0.25) is 5.91 Å². The Morgan fingerprint density at radius 1 is 0.958 bits per heavy atom. The van der Waals surface area contributed by atoms with Gasteiger partial charge in [0.15, 0.2) is 0 Å². The van der Waals surface area contributed by atoms with Gasteiger partial charge in [0.1, 0.15) is 5.76 Å². The molecular weight excluding hydrogens is 306 g/mol. The van der Waals surface area contributed by atoms with Crippen molar-refractivity contribution in [1.29, 1.82) is 0 Å². The lowest BCUT2D eigenvalue weighted by Gasteiger charge is -2.34. The molecule has 6 nitrogen and oxygen atoms in total. The van der Waals surface area contributed by atoms with E-state index in [4.69, 9.17) is 4.42 Å². The molecule has 1 aromatic heterocycles. The molecule has 0 aliphatic carbocycles. The second-order valence-electron chi connectivity index (χ2n) is 5.74. The number of nitrogens with one attached hydrogen (secondary N) is 1. The molecule has 1 fully saturated rings. The molecule has 0 unspecified atom stereocenters. The standard InChI is InChI=1S/C18H21N3O3/c22-17(9-8-16-7-4-14-24-16)20-10-12-21(13-11-20)18(23)19-15-5-2-1-3-6-15/h1-7,14H,8-13H2,(H,19,23). The molecule has 3 rings (SSSR count). The van der Waals surface area contributed by atoms with E-state index in [9.17, 15) is 9.59 Å². The summed E-state index contributed by atoms with van der Waals surface area (Å²) >= 11 is 0. The zero-order chi connectivity index (χ0) is 16.8. The molecule has 1 aromatic carbocycles. The molecular formula is C18H21N3O3. The van der Waals surface area contributed by atoms with Crippen LogP contribution in [0.1, 0.15) is 12.2 Å². The van der Waals surface area contributed by atoms with Crippen LogP contribution in [0.25, 0.3) is 0 Å². The van der Waals surface area contributed by atoms with Crippen molar-refractivity contribution in [3.8, 4) is 0 Å². The Balaban J connectivity index is 1.43. The lowest BCUT2D eigenvalue weighted by molar-refractivity contribution is -0.132. The minimum Gasteiger partial charge on any atom is -0.469 e. The van der Waals surface area contributed by atoms with E-state index in [0.717, 1.165) is 11.4 Å². The summed E-state index contributed by atoms with van der Waals surface area (Å²) in [4.78, 5) is 28.0. The van der Waals surface area contributed by atoms with Gasteiger partial charge in [-0.3, -0.25) is 4.79 Å². The van der Waals surface area contributed by atoms with Gasteiger partial charge in [0, 0.05) is 44.7 Å². The molecule has 0 radical (unpaired) electrons. The quantitative estimate of drug-likeness (QED) is 0.938. The van der Waals surface area contributed by atoms with Gasteiger partial charge in [-0.1, -0.05) is 18.2 Å². The van der Waals surface area contributed by atoms with Crippen LogP contribution >= 0.6 is 0 Å². The van der Waals surface area contributed by atoms with Crippen molar-refractivity contribution in [1.82, 2.24) is 9.80 Å². The van der Waals surface area contributed by atoms with Gasteiger partial charge in [-0.15, -0.1) is 0 Å². The summed E-state index contributed by atoms with van der Waals surface area (Å²) in [6.45, 7) is 2.23. The normalized spacial score (nSPS) is 14.5. The Hall–Kier alpha value is -2.76. The van der Waals surface area contributed by atoms with Crippen LogP contribution in [0.3, 0.4) is 0 Å². The Morgan fingerprint density at radius 2 is 1.67 bits per heavy atom. The maximum atomic E-state index is 12.2. The number of nitrogens with zero attached hydrogens (tertiary/aromatic N) is 2. The van der Waals surface area contributed by atoms with E-state index in [2.05, 4.69) is 5.32 Å². The van der Waals surface area contributed by atoms with Gasteiger partial charge in [-0.2, -0.15) is 0 Å². The average molecular weight is 327 g/mol. The van der Waals surface area contributed by atoms with Crippen molar-refractivity contribution in [2.45, 2.75) is 12.8 Å². The van der Waals surface area contributed by atoms with E-state index in [1.807, 2.05) is 47.4 Å². The number of para-hydroxylation sites is 1. The van der Waals surface area contributed by atoms with Crippen molar-refractivity contribution in [3.63, 3.8) is 0 Å². The fraction of sp³-hybridized carbons (Fsp3) is 0.333. The summed E-state index contributed by atoms with van der Waals surface area (Å²) in [6, 6.07) is 12.9. The highest BCUT2D eigenvalue weighted by atomic mass is 16.3. The molecule has 0 spiro atoms. The largest absolute Gasteiger partial charge is 0.469 e. The Kier molecular flexibility index (Phi) is 5.15. The number of hydrogen-bond donors (Lipinski definition) is 1. The molecule has 1 N–H and O–H groups in total. The summed E-state index contributed by atoms with van der Waals surface area (Å²) < 4.78 is 5.24. The number of aryl methyl sites for hydroxylation is 1. The minimum atomic E-state index is -0.121. The van der Waals surface area contributed by atoms with E-state index in [0.29, 0.717) is 39.0 Å². The third-order valence-corrected chi connectivity index (χ3v) is 4.11. The summed E-state index contributed by atoms with van der Waals surface area (Å²) in [5.41, 5.74) is 0.777. The summed E-state index contributed by atoms with van der Waals surface area (Å²) in [5, 5.41) is 2.87. The third-order valence-electron chi connectivity index (χ3n) is 4.11. The molecule has 1 aliphatic rings. The monoisotopic (exact) mass is 327 g/mol. The molecule has 0 atom stereocenters. The van der Waals surface area contributed by atoms with Gasteiger partial charge in [0.05, 0.1) is 6.26 Å². The van der Waals surface area contributed by atoms with E-state index >= 15 is 0 Å². The Bertz CT molecular complexity index is 662. The molecule has 0 saturated carbocycles. The van der Waals surface area contributed by atoms with Crippen molar-refractivity contribution < 1.29 is 14.0 Å². The summed E-state index contributed by atoms with van der Waals surface area (Å²) in [7, 11) is 0. The number of furan rings is 1. The number of benzene rings is 1. The van der Waals surface area contributed by atoms with Crippen molar-refractivity contribution in [2.24, 2.45) is 0 Å². The average Bonchev–Trinajstić information content (AvgIpc) is 3.14. The van der Waals surface area contributed by atoms with E-state index < -0.39 is 0 Å². The molecule has 126 valence electrons. The number of carbonyl (C=O) groups is 2. The lowest BCUT2D eigenvalue weighted by atomic mass is 10.2. The van der Waals surface area contributed by atoms with Crippen molar-refractivity contribution in [2.75, 3.05) is 31.5 Å². The molecule has 2 aromatic rings. The van der Waals surface area contributed by atoms with Gasteiger partial charge < -0.3 is 19.5 Å². The first kappa shape index (κ1) is 16.1. The first-order chi connectivity index (χ1) is 11.7. The minimum absolute atomic E-state index is 0.106. The second-order valence-corrected chi connectivity index (χ2v) is 5.74. The van der Waals surface area contributed by atoms with Gasteiger partial charge in [-0.05, 0) is 24.3 Å². The molecule has 1 aliphatic heterocycles. The highest BCUT2D eigenvalue weighted by molar-refractivity contribution is 5.89. The number of carbonyl (C=O) groups excluding carboxylic acids is 2. The van der Waals surface area contributed by atoms with Crippen LogP contribution in [0.15, 0.2) is 53.1 Å². The molecule has 6 heteroatoms. The number of amides is 3. The zero-order valence-corrected chi connectivity index (χ0v) is 13.5. The van der Waals surface area contributed by atoms with E-state index in [1.165, 1.54) is 0 Å². The van der Waals surface area contributed by atoms with Gasteiger partial charge in [0.25, 0.3) is 0 Å². The topological polar surface area (TPSA) is 65.8 Å². The van der Waals surface area contributed by atoms with E-state index in [-0.39, 0.29) is 11.9 Å². The lowest BCUT2D eigenvalue weighted by Crippen LogP contribution is -2.51. The van der Waals surface area contributed by atoms with Crippen LogP contribution in [-0.2, 0) is 11.2 Å². The second kappa shape index (κ2) is 7.68. The number of anilines is 1. The first-order valence-electron chi connectivity index (χ1n) is 8.13. The number of rotatable bonds is 4. The third kappa shape index (κ3) is 4.16. The van der Waals surface area contributed by atoms with Gasteiger partial charge in [-0.25, -0.2) is 4.79 Å². The Morgan fingerprint density at radius 3 is 2.33 bits per heavy atom. The van der Waals surface area contributed by atoms with Crippen molar-refractivity contribution in [3.05, 3.63) is 54.5 Å². The van der Waals surface area contributed by atoms with Crippen LogP contribution in [0.2, 0.25) is 0 Å². The maximum absolute atomic E-state index is 12.2. The highest BCUT2D eigenvalue weighted by Gasteiger charge is 2.24. The first-order valence-corrected chi connectivity index (χ1v) is 8.13.